The molecule has 0 unspecified atom stereocenters. The summed E-state index contributed by atoms with van der Waals surface area (Å²) in [6.07, 6.45) is 0.313. The lowest BCUT2D eigenvalue weighted by atomic mass is 10.1. The second-order valence-electron chi connectivity index (χ2n) is 4.28. The quantitative estimate of drug-likeness (QED) is 0.561. The van der Waals surface area contributed by atoms with Crippen LogP contribution in [0.1, 0.15) is 11.1 Å². The van der Waals surface area contributed by atoms with Gasteiger partial charge in [0.25, 0.3) is 0 Å². The van der Waals surface area contributed by atoms with Crippen LogP contribution >= 0.6 is 0 Å². The molecule has 0 heterocycles. The number of benzene rings is 1. The van der Waals surface area contributed by atoms with Gasteiger partial charge in [0.15, 0.2) is 0 Å². The van der Waals surface area contributed by atoms with Crippen molar-refractivity contribution in [3.8, 4) is 11.8 Å². The van der Waals surface area contributed by atoms with Gasteiger partial charge < -0.3 is 9.47 Å². The highest BCUT2D eigenvalue weighted by Gasteiger charge is 2.30. The summed E-state index contributed by atoms with van der Waals surface area (Å²) in [6, 6.07) is 6.54. The Morgan fingerprint density at radius 3 is 2.57 bits per heavy atom. The summed E-state index contributed by atoms with van der Waals surface area (Å²) in [6.45, 7) is 6.32. The molecule has 6 heteroatoms. The molecule has 0 amide bonds. The molecule has 0 atom stereocenters. The maximum Gasteiger partial charge on any atom is 0.415 e. The molecular formula is C17H14F3NO2. The number of nitrogens with zero attached hydrogens (tertiary/aromatic N) is 1. The topological polar surface area (TPSA) is 42.2 Å². The Kier molecular flexibility index (Phi) is 6.22. The van der Waals surface area contributed by atoms with Crippen LogP contribution in [0.2, 0.25) is 0 Å². The minimum atomic E-state index is -4.56. The highest BCUT2D eigenvalue weighted by atomic mass is 19.4. The molecule has 0 radical (unpaired) electrons. The van der Waals surface area contributed by atoms with Gasteiger partial charge >= 0.3 is 6.18 Å². The summed E-state index contributed by atoms with van der Waals surface area (Å²) >= 11 is 0. The largest absolute Gasteiger partial charge is 0.504 e. The van der Waals surface area contributed by atoms with E-state index >= 15 is 0 Å². The Hall–Kier alpha value is -2.94. The van der Waals surface area contributed by atoms with E-state index in [2.05, 4.69) is 13.2 Å². The van der Waals surface area contributed by atoms with E-state index in [1.807, 2.05) is 6.07 Å². The lowest BCUT2D eigenvalue weighted by Crippen LogP contribution is -2.10. The zero-order valence-corrected chi connectivity index (χ0v) is 12.4. The second kappa shape index (κ2) is 7.90. The molecule has 23 heavy (non-hydrogen) atoms. The first-order chi connectivity index (χ1) is 10.8. The third-order valence-corrected chi connectivity index (χ3v) is 2.63. The van der Waals surface area contributed by atoms with Gasteiger partial charge in [-0.15, -0.1) is 0 Å². The van der Waals surface area contributed by atoms with Crippen LogP contribution in [0.5, 0.6) is 5.75 Å². The number of hydrogen-bond donors (Lipinski definition) is 0. The van der Waals surface area contributed by atoms with E-state index in [0.29, 0.717) is 11.6 Å². The van der Waals surface area contributed by atoms with Gasteiger partial charge in [0.1, 0.15) is 17.6 Å². The number of halogens is 3. The molecule has 3 nitrogen and oxygen atoms in total. The molecule has 0 bridgehead atoms. The number of alkyl halides is 3. The maximum atomic E-state index is 12.5. The molecule has 0 saturated heterocycles. The molecule has 0 spiro atoms. The molecule has 0 aliphatic carbocycles. The first kappa shape index (κ1) is 18.1. The number of methoxy groups -OCH3 is 1. The normalized spacial score (nSPS) is 11.9. The predicted molar refractivity (Wildman–Crippen MR) is 81.3 cm³/mol. The number of nitriles is 1. The molecular weight excluding hydrogens is 307 g/mol. The second-order valence-corrected chi connectivity index (χ2v) is 4.28. The maximum absolute atomic E-state index is 12.5. The van der Waals surface area contributed by atoms with Crippen LogP contribution in [-0.4, -0.2) is 13.3 Å². The van der Waals surface area contributed by atoms with Gasteiger partial charge in [-0.1, -0.05) is 19.2 Å². The van der Waals surface area contributed by atoms with E-state index < -0.39 is 11.7 Å². The van der Waals surface area contributed by atoms with Gasteiger partial charge in [-0.05, 0) is 35.9 Å². The SMILES string of the molecule is C=C/C(=C\C(=C)C(F)(F)F)Oc1ccc(/C=C/OC)cc1C#N. The van der Waals surface area contributed by atoms with Gasteiger partial charge in [-0.25, -0.2) is 0 Å². The van der Waals surface area contributed by atoms with Crippen molar-refractivity contribution in [3.63, 3.8) is 0 Å². The van der Waals surface area contributed by atoms with Gasteiger partial charge in [0, 0.05) is 0 Å². The molecule has 0 aliphatic rings. The number of ether oxygens (including phenoxy) is 2. The Bertz CT molecular complexity index is 695. The molecule has 0 N–H and O–H groups in total. The van der Waals surface area contributed by atoms with Crippen LogP contribution < -0.4 is 4.74 Å². The molecule has 1 aromatic rings. The fourth-order valence-corrected chi connectivity index (χ4v) is 1.48. The molecule has 0 aromatic heterocycles. The van der Waals surface area contributed by atoms with Crippen molar-refractivity contribution in [1.29, 1.82) is 5.26 Å². The minimum Gasteiger partial charge on any atom is -0.504 e. The smallest absolute Gasteiger partial charge is 0.415 e. The van der Waals surface area contributed by atoms with Crippen LogP contribution in [0, 0.1) is 11.3 Å². The summed E-state index contributed by atoms with van der Waals surface area (Å²) in [4.78, 5) is 0. The fraction of sp³-hybridized carbons (Fsp3) is 0.118. The Labute approximate surface area is 132 Å². The minimum absolute atomic E-state index is 0.114. The summed E-state index contributed by atoms with van der Waals surface area (Å²) < 4.78 is 47.6. The van der Waals surface area contributed by atoms with E-state index in [4.69, 9.17) is 14.7 Å². The third-order valence-electron chi connectivity index (χ3n) is 2.63. The highest BCUT2D eigenvalue weighted by molar-refractivity contribution is 5.56. The number of hydrogen-bond acceptors (Lipinski definition) is 3. The highest BCUT2D eigenvalue weighted by Crippen LogP contribution is 2.28. The predicted octanol–water partition coefficient (Wildman–Crippen LogP) is 4.74. The average Bonchev–Trinajstić information content (AvgIpc) is 2.51. The fourth-order valence-electron chi connectivity index (χ4n) is 1.48. The Balaban J connectivity index is 3.09. The molecule has 1 aromatic carbocycles. The Morgan fingerprint density at radius 2 is 2.04 bits per heavy atom. The van der Waals surface area contributed by atoms with Crippen molar-refractivity contribution in [2.24, 2.45) is 0 Å². The van der Waals surface area contributed by atoms with E-state index in [9.17, 15) is 13.2 Å². The zero-order valence-electron chi connectivity index (χ0n) is 12.4. The first-order valence-corrected chi connectivity index (χ1v) is 6.33. The average molecular weight is 321 g/mol. The standard InChI is InChI=1S/C17H14F3NO2/c1-4-15(9-12(2)17(18,19)20)23-16-6-5-13(7-8-22-3)10-14(16)11-21/h4-10H,1-2H2,3H3/b8-7+,15-9+. The zero-order chi connectivity index (χ0) is 17.5. The van der Waals surface area contributed by atoms with Crippen molar-refractivity contribution < 1.29 is 22.6 Å². The molecule has 0 saturated carbocycles. The molecule has 0 aliphatic heterocycles. The lowest BCUT2D eigenvalue weighted by molar-refractivity contribution is -0.0880. The van der Waals surface area contributed by atoms with Crippen LogP contribution in [0.3, 0.4) is 0 Å². The van der Waals surface area contributed by atoms with Crippen LogP contribution in [0.4, 0.5) is 13.2 Å². The van der Waals surface area contributed by atoms with Gasteiger partial charge in [-0.2, -0.15) is 18.4 Å². The van der Waals surface area contributed by atoms with Crippen molar-refractivity contribution in [1.82, 2.24) is 0 Å². The number of rotatable bonds is 6. The van der Waals surface area contributed by atoms with E-state index in [0.717, 1.165) is 6.08 Å². The summed E-state index contributed by atoms with van der Waals surface area (Å²) in [5, 5.41) is 9.14. The molecule has 1 rings (SSSR count). The van der Waals surface area contributed by atoms with E-state index in [1.165, 1.54) is 25.5 Å². The monoisotopic (exact) mass is 321 g/mol. The van der Waals surface area contributed by atoms with Crippen LogP contribution in [-0.2, 0) is 4.74 Å². The summed E-state index contributed by atoms with van der Waals surface area (Å²) in [5.74, 6) is -0.0489. The molecule has 0 fully saturated rings. The summed E-state index contributed by atoms with van der Waals surface area (Å²) in [5.41, 5.74) is -0.237. The van der Waals surface area contributed by atoms with Crippen molar-refractivity contribution >= 4 is 6.08 Å². The third kappa shape index (κ3) is 5.40. The van der Waals surface area contributed by atoms with Crippen molar-refractivity contribution in [2.75, 3.05) is 7.11 Å². The van der Waals surface area contributed by atoms with Gasteiger partial charge in [0.2, 0.25) is 0 Å². The van der Waals surface area contributed by atoms with Gasteiger partial charge in [0.05, 0.1) is 24.5 Å². The van der Waals surface area contributed by atoms with Gasteiger partial charge in [-0.3, -0.25) is 0 Å². The number of allylic oxidation sites excluding steroid dienone is 3. The van der Waals surface area contributed by atoms with Crippen molar-refractivity contribution in [2.45, 2.75) is 6.18 Å². The van der Waals surface area contributed by atoms with E-state index in [-0.39, 0.29) is 17.1 Å². The van der Waals surface area contributed by atoms with Crippen LogP contribution in [0.15, 0.2) is 61.1 Å². The summed E-state index contributed by atoms with van der Waals surface area (Å²) in [7, 11) is 1.48. The van der Waals surface area contributed by atoms with Crippen molar-refractivity contribution in [3.05, 3.63) is 72.2 Å². The molecule has 120 valence electrons. The lowest BCUT2D eigenvalue weighted by Gasteiger charge is -2.11. The Morgan fingerprint density at radius 1 is 1.35 bits per heavy atom. The van der Waals surface area contributed by atoms with Crippen LogP contribution in [0.25, 0.3) is 6.08 Å². The first-order valence-electron chi connectivity index (χ1n) is 6.33. The van der Waals surface area contributed by atoms with E-state index in [1.54, 1.807) is 12.1 Å².